The summed E-state index contributed by atoms with van der Waals surface area (Å²) in [7, 11) is -4.46. The molecule has 1 aliphatic carbocycles. The van der Waals surface area contributed by atoms with Gasteiger partial charge >= 0.3 is 0 Å². The highest BCUT2D eigenvalue weighted by atomic mass is 35.7. The zero-order chi connectivity index (χ0) is 12.8. The summed E-state index contributed by atoms with van der Waals surface area (Å²) in [5.74, 6) is 0.111. The van der Waals surface area contributed by atoms with Crippen molar-refractivity contribution in [2.75, 3.05) is 0 Å². The molecule has 0 aliphatic heterocycles. The van der Waals surface area contributed by atoms with Crippen LogP contribution in [0.3, 0.4) is 0 Å². The van der Waals surface area contributed by atoms with Gasteiger partial charge in [0, 0.05) is 12.0 Å². The Morgan fingerprint density at radius 1 is 0.889 bits per heavy atom. The van der Waals surface area contributed by atoms with Crippen LogP contribution in [0.1, 0.15) is 11.1 Å². The molecule has 1 aliphatic rings. The molecule has 2 aromatic rings. The molecule has 0 saturated heterocycles. The van der Waals surface area contributed by atoms with E-state index in [2.05, 4.69) is 4.29 Å². The van der Waals surface area contributed by atoms with Gasteiger partial charge in [-0.2, -0.15) is 14.0 Å². The van der Waals surface area contributed by atoms with Gasteiger partial charge in [0.2, 0.25) is 0 Å². The van der Waals surface area contributed by atoms with Crippen LogP contribution >= 0.6 is 0 Å². The van der Waals surface area contributed by atoms with Crippen molar-refractivity contribution in [2.24, 2.45) is 0 Å². The molecule has 0 aromatic heterocycles. The molecule has 92 valence electrons. The van der Waals surface area contributed by atoms with Gasteiger partial charge in [0.15, 0.2) is 0 Å². The predicted octanol–water partition coefficient (Wildman–Crippen LogP) is -0.466. The maximum absolute atomic E-state index is 10.7. The average Bonchev–Trinajstić information content (AvgIpc) is 2.67. The summed E-state index contributed by atoms with van der Waals surface area (Å²) in [6.07, 6.45) is 0.576. The fraction of sp³-hybridized carbons (Fsp3) is 0.0769. The third kappa shape index (κ3) is 1.95. The minimum Gasteiger partial charge on any atom is -0.167 e. The van der Waals surface area contributed by atoms with Gasteiger partial charge in [-0.3, -0.25) is 0 Å². The minimum atomic E-state index is -4.46. The van der Waals surface area contributed by atoms with Crippen molar-refractivity contribution in [1.82, 2.24) is 0 Å². The first-order chi connectivity index (χ1) is 8.54. The van der Waals surface area contributed by atoms with Crippen LogP contribution in [-0.2, 0) is 6.42 Å². The van der Waals surface area contributed by atoms with Crippen LogP contribution in [-0.4, -0.2) is 0 Å². The number of halogens is 1. The average molecular weight is 265 g/mol. The van der Waals surface area contributed by atoms with Gasteiger partial charge in [-0.05, 0) is 22.8 Å². The van der Waals surface area contributed by atoms with Crippen molar-refractivity contribution in [3.8, 4) is 16.9 Å². The van der Waals surface area contributed by atoms with Crippen molar-refractivity contribution < 1.29 is 28.5 Å². The van der Waals surface area contributed by atoms with E-state index in [0.29, 0.717) is 6.42 Å². The van der Waals surface area contributed by atoms with Crippen molar-refractivity contribution >= 4 is 0 Å². The highest BCUT2D eigenvalue weighted by Gasteiger charge is 2.28. The molecule has 4 nitrogen and oxygen atoms in total. The lowest BCUT2D eigenvalue weighted by Crippen LogP contribution is -2.63. The second-order valence-electron chi connectivity index (χ2n) is 4.07. The molecule has 0 heterocycles. The lowest BCUT2D eigenvalue weighted by molar-refractivity contribution is -1.91. The first-order valence-corrected chi connectivity index (χ1v) is 6.58. The fourth-order valence-corrected chi connectivity index (χ4v) is 2.65. The molecular formula is C13H9ClO4. The number of hydrogen-bond donors (Lipinski definition) is 0. The summed E-state index contributed by atoms with van der Waals surface area (Å²) < 4.78 is 36.5. The van der Waals surface area contributed by atoms with Gasteiger partial charge in [0.25, 0.3) is 5.75 Å². The summed E-state index contributed by atoms with van der Waals surface area (Å²) in [5, 5.41) is 0. The van der Waals surface area contributed by atoms with Crippen molar-refractivity contribution in [3.05, 3.63) is 53.6 Å². The van der Waals surface area contributed by atoms with Gasteiger partial charge < -0.3 is 0 Å². The number of hydrogen-bond acceptors (Lipinski definition) is 4. The van der Waals surface area contributed by atoms with E-state index in [1.54, 1.807) is 6.07 Å². The molecular weight excluding hydrogens is 256 g/mol. The van der Waals surface area contributed by atoms with Crippen LogP contribution in [0.15, 0.2) is 42.5 Å². The highest BCUT2D eigenvalue weighted by Crippen LogP contribution is 2.41. The van der Waals surface area contributed by atoms with E-state index in [9.17, 15) is 14.0 Å². The maximum atomic E-state index is 10.7. The minimum absolute atomic E-state index is 0.111. The van der Waals surface area contributed by atoms with Crippen LogP contribution in [0.5, 0.6) is 5.75 Å². The Hall–Kier alpha value is -1.59. The molecule has 0 unspecified atom stereocenters. The van der Waals surface area contributed by atoms with Crippen molar-refractivity contribution in [2.45, 2.75) is 6.42 Å². The lowest BCUT2D eigenvalue weighted by atomic mass is 10.1. The molecule has 0 fully saturated rings. The normalized spacial score (nSPS) is 13.1. The molecule has 18 heavy (non-hydrogen) atoms. The van der Waals surface area contributed by atoms with Gasteiger partial charge in [-0.1, -0.05) is 40.7 Å². The van der Waals surface area contributed by atoms with E-state index in [4.69, 9.17) is 0 Å². The van der Waals surface area contributed by atoms with Crippen LogP contribution in [0.2, 0.25) is 0 Å². The molecule has 0 N–H and O–H groups in total. The molecule has 0 spiro atoms. The summed E-state index contributed by atoms with van der Waals surface area (Å²) >= 11 is 0. The predicted molar refractivity (Wildman–Crippen MR) is 55.3 cm³/mol. The van der Waals surface area contributed by atoms with Crippen LogP contribution in [0.25, 0.3) is 11.1 Å². The lowest BCUT2D eigenvalue weighted by Gasteiger charge is -2.13. The quantitative estimate of drug-likeness (QED) is 0.627. The molecule has 0 saturated carbocycles. The molecule has 0 amide bonds. The van der Waals surface area contributed by atoms with E-state index in [0.717, 1.165) is 22.3 Å². The Balaban J connectivity index is 2.09. The summed E-state index contributed by atoms with van der Waals surface area (Å²) in [5.41, 5.74) is 3.81. The number of fused-ring (bicyclic) bond motifs is 3. The van der Waals surface area contributed by atoms with Crippen molar-refractivity contribution in [3.63, 3.8) is 0 Å². The third-order valence-electron chi connectivity index (χ3n) is 2.99. The smallest absolute Gasteiger partial charge is 0.167 e. The van der Waals surface area contributed by atoms with Crippen molar-refractivity contribution in [1.29, 1.82) is 0 Å². The topological polar surface area (TPSA) is 78.4 Å². The molecule has 0 atom stereocenters. The zero-order valence-corrected chi connectivity index (χ0v) is 10.0. The van der Waals surface area contributed by atoms with Crippen LogP contribution < -0.4 is 18.3 Å². The van der Waals surface area contributed by atoms with E-state index < -0.39 is 10.2 Å². The zero-order valence-electron chi connectivity index (χ0n) is 9.26. The van der Waals surface area contributed by atoms with E-state index in [-0.39, 0.29) is 5.75 Å². The molecule has 0 bridgehead atoms. The Kier molecular flexibility index (Phi) is 2.53. The van der Waals surface area contributed by atoms with Crippen LogP contribution in [0.4, 0.5) is 0 Å². The first-order valence-electron chi connectivity index (χ1n) is 5.35. The van der Waals surface area contributed by atoms with Gasteiger partial charge in [-0.15, -0.1) is 0 Å². The summed E-state index contributed by atoms with van der Waals surface area (Å²) in [4.78, 5) is 0. The second-order valence-corrected chi connectivity index (χ2v) is 4.98. The van der Waals surface area contributed by atoms with Crippen LogP contribution in [0, 0.1) is 10.2 Å². The molecule has 5 heteroatoms. The van der Waals surface area contributed by atoms with Gasteiger partial charge in [0.05, 0.1) is 0 Å². The molecule has 3 rings (SSSR count). The van der Waals surface area contributed by atoms with E-state index in [1.165, 1.54) is 6.07 Å². The Morgan fingerprint density at radius 3 is 2.39 bits per heavy atom. The SMILES string of the molecule is [O-][Cl+3]([O-])([O-])Oc1cccc2c1Cc1ccccc1-2. The Bertz CT molecular complexity index is 604. The fourth-order valence-electron chi connectivity index (χ4n) is 2.30. The molecule has 0 radical (unpaired) electrons. The standard InChI is InChI=1S/C13H9ClO4/c15-14(16,17)18-13-7-3-6-11-10-5-2-1-4-9(10)8-12(11)13/h1-7H,8H2. The van der Waals surface area contributed by atoms with Gasteiger partial charge in [0.1, 0.15) is 10.2 Å². The third-order valence-corrected chi connectivity index (χ3v) is 3.34. The summed E-state index contributed by atoms with van der Waals surface area (Å²) in [6.45, 7) is 0. The molecule has 2 aromatic carbocycles. The Labute approximate surface area is 106 Å². The largest absolute Gasteiger partial charge is 0.292 e. The second kappa shape index (κ2) is 3.96. The van der Waals surface area contributed by atoms with Gasteiger partial charge in [-0.25, -0.2) is 0 Å². The maximum Gasteiger partial charge on any atom is 0.292 e. The Morgan fingerprint density at radius 2 is 1.61 bits per heavy atom. The monoisotopic (exact) mass is 264 g/mol. The number of rotatable bonds is 2. The first kappa shape index (κ1) is 11.5. The van der Waals surface area contributed by atoms with E-state index >= 15 is 0 Å². The summed E-state index contributed by atoms with van der Waals surface area (Å²) in [6, 6.07) is 12.8. The number of benzene rings is 2. The highest BCUT2D eigenvalue weighted by molar-refractivity contribution is 5.78. The van der Waals surface area contributed by atoms with E-state index in [1.807, 2.05) is 30.3 Å².